The van der Waals surface area contributed by atoms with Gasteiger partial charge in [-0.3, -0.25) is 14.7 Å². The average Bonchev–Trinajstić information content (AvgIpc) is 3.24. The highest BCUT2D eigenvalue weighted by Gasteiger charge is 2.28. The van der Waals surface area contributed by atoms with E-state index in [1.165, 1.54) is 28.0 Å². The Labute approximate surface area is 152 Å². The molecule has 1 aromatic heterocycles. The molecule has 0 fully saturated rings. The Bertz CT molecular complexity index is 805. The first-order valence-electron chi connectivity index (χ1n) is 7.10. The summed E-state index contributed by atoms with van der Waals surface area (Å²) in [6.45, 7) is 0. The maximum atomic E-state index is 12.7. The number of hydrogen-bond donors (Lipinski definition) is 1. The number of benzene rings is 1. The Morgan fingerprint density at radius 1 is 1.42 bits per heavy atom. The topological polar surface area (TPSA) is 65.8 Å². The van der Waals surface area contributed by atoms with Crippen LogP contribution in [0, 0.1) is 0 Å². The van der Waals surface area contributed by atoms with E-state index in [0.29, 0.717) is 15.2 Å². The minimum absolute atomic E-state index is 0.0523. The molecule has 0 bridgehead atoms. The zero-order valence-electron chi connectivity index (χ0n) is 12.7. The predicted molar refractivity (Wildman–Crippen MR) is 99.6 cm³/mol. The minimum Gasteiger partial charge on any atom is -0.515 e. The standard InChI is InChI=1S/C16H14ClN3O2S2/c1-20(14(22)11(8-21)10-5-3-2-4-6-10)16-19-12(9-23-16)13-7-18-15(17)24-13/h2-8,12,21H,9H2,1H3. The summed E-state index contributed by atoms with van der Waals surface area (Å²) in [6, 6.07) is 8.99. The first-order chi connectivity index (χ1) is 11.6. The van der Waals surface area contributed by atoms with Gasteiger partial charge in [-0.05, 0) is 5.56 Å². The summed E-state index contributed by atoms with van der Waals surface area (Å²) in [5.41, 5.74) is 0.886. The van der Waals surface area contributed by atoms with E-state index >= 15 is 0 Å². The number of halogens is 1. The van der Waals surface area contributed by atoms with Crippen molar-refractivity contribution in [3.8, 4) is 0 Å². The molecule has 3 rings (SSSR count). The third-order valence-electron chi connectivity index (χ3n) is 3.50. The van der Waals surface area contributed by atoms with Crippen molar-refractivity contribution in [2.24, 2.45) is 4.99 Å². The molecule has 8 heteroatoms. The minimum atomic E-state index is -0.307. The van der Waals surface area contributed by atoms with Gasteiger partial charge in [0.25, 0.3) is 5.91 Å². The molecule has 2 heterocycles. The molecule has 1 aliphatic heterocycles. The Morgan fingerprint density at radius 3 is 2.79 bits per heavy atom. The van der Waals surface area contributed by atoms with Crippen LogP contribution in [0.25, 0.3) is 5.57 Å². The van der Waals surface area contributed by atoms with Crippen molar-refractivity contribution in [2.75, 3.05) is 12.8 Å². The van der Waals surface area contributed by atoms with Crippen molar-refractivity contribution in [3.05, 3.63) is 57.7 Å². The van der Waals surface area contributed by atoms with Crippen molar-refractivity contribution < 1.29 is 9.90 Å². The Morgan fingerprint density at radius 2 is 2.17 bits per heavy atom. The number of aliphatic imine (C=N–C) groups is 1. The average molecular weight is 380 g/mol. The van der Waals surface area contributed by atoms with Gasteiger partial charge in [-0.25, -0.2) is 4.98 Å². The fraction of sp³-hybridized carbons (Fsp3) is 0.188. The molecule has 1 N–H and O–H groups in total. The zero-order chi connectivity index (χ0) is 17.1. The molecule has 0 saturated heterocycles. The van der Waals surface area contributed by atoms with E-state index in [9.17, 15) is 9.90 Å². The number of aliphatic hydroxyl groups is 1. The summed E-state index contributed by atoms with van der Waals surface area (Å²) in [5, 5.41) is 10.1. The number of amides is 1. The number of likely N-dealkylation sites (N-methyl/N-ethyl adjacent to an activating group) is 1. The number of thiazole rings is 1. The van der Waals surface area contributed by atoms with Gasteiger partial charge in [0.15, 0.2) is 9.63 Å². The Kier molecular flexibility index (Phi) is 5.23. The van der Waals surface area contributed by atoms with Crippen LogP contribution in [0.2, 0.25) is 4.47 Å². The SMILES string of the molecule is CN(C(=O)C(=CO)c1ccccc1)C1=NC(c2cnc(Cl)s2)CS1. The van der Waals surface area contributed by atoms with Gasteiger partial charge in [-0.15, -0.1) is 11.3 Å². The molecule has 5 nitrogen and oxygen atoms in total. The number of aliphatic hydroxyl groups excluding tert-OH is 1. The lowest BCUT2D eigenvalue weighted by molar-refractivity contribution is -0.120. The smallest absolute Gasteiger partial charge is 0.263 e. The van der Waals surface area contributed by atoms with Crippen LogP contribution < -0.4 is 0 Å². The summed E-state index contributed by atoms with van der Waals surface area (Å²) >= 11 is 8.76. The number of carbonyl (C=O) groups is 1. The number of rotatable bonds is 3. The third-order valence-corrected chi connectivity index (χ3v) is 5.83. The quantitative estimate of drug-likeness (QED) is 0.646. The Hall–Kier alpha value is -1.83. The fourth-order valence-corrected chi connectivity index (χ4v) is 4.39. The highest BCUT2D eigenvalue weighted by Crippen LogP contribution is 2.35. The second kappa shape index (κ2) is 7.38. The molecule has 0 aliphatic carbocycles. The highest BCUT2D eigenvalue weighted by atomic mass is 35.5. The van der Waals surface area contributed by atoms with Crippen molar-refractivity contribution >= 4 is 51.3 Å². The molecule has 1 amide bonds. The van der Waals surface area contributed by atoms with Crippen molar-refractivity contribution in [1.29, 1.82) is 0 Å². The van der Waals surface area contributed by atoms with Gasteiger partial charge in [0, 0.05) is 19.0 Å². The first kappa shape index (κ1) is 17.0. The summed E-state index contributed by atoms with van der Waals surface area (Å²) in [4.78, 5) is 23.7. The van der Waals surface area contributed by atoms with E-state index in [1.807, 2.05) is 18.2 Å². The largest absolute Gasteiger partial charge is 0.515 e. The second-order valence-electron chi connectivity index (χ2n) is 5.03. The van der Waals surface area contributed by atoms with E-state index in [4.69, 9.17) is 11.6 Å². The summed E-state index contributed by atoms with van der Waals surface area (Å²) in [7, 11) is 1.66. The number of carbonyl (C=O) groups excluding carboxylic acids is 1. The number of thioether (sulfide) groups is 1. The van der Waals surface area contributed by atoms with E-state index in [-0.39, 0.29) is 17.5 Å². The highest BCUT2D eigenvalue weighted by molar-refractivity contribution is 8.14. The van der Waals surface area contributed by atoms with E-state index < -0.39 is 0 Å². The van der Waals surface area contributed by atoms with Crippen molar-refractivity contribution in [1.82, 2.24) is 9.88 Å². The van der Waals surface area contributed by atoms with E-state index in [2.05, 4.69) is 9.98 Å². The molecule has 24 heavy (non-hydrogen) atoms. The van der Waals surface area contributed by atoms with Gasteiger partial charge in [0.2, 0.25) is 0 Å². The van der Waals surface area contributed by atoms with Gasteiger partial charge in [0.05, 0.1) is 22.8 Å². The molecule has 1 aliphatic rings. The van der Waals surface area contributed by atoms with Crippen LogP contribution in [-0.4, -0.2) is 38.9 Å². The van der Waals surface area contributed by atoms with Gasteiger partial charge < -0.3 is 5.11 Å². The summed E-state index contributed by atoms with van der Waals surface area (Å²) in [6.07, 6.45) is 2.56. The van der Waals surface area contributed by atoms with Crippen LogP contribution in [0.3, 0.4) is 0 Å². The summed E-state index contributed by atoms with van der Waals surface area (Å²) < 4.78 is 0.484. The van der Waals surface area contributed by atoms with Crippen LogP contribution in [0.5, 0.6) is 0 Å². The van der Waals surface area contributed by atoms with Crippen molar-refractivity contribution in [3.63, 3.8) is 0 Å². The van der Waals surface area contributed by atoms with Gasteiger partial charge >= 0.3 is 0 Å². The van der Waals surface area contributed by atoms with E-state index in [0.717, 1.165) is 16.9 Å². The van der Waals surface area contributed by atoms with Crippen LogP contribution in [0.1, 0.15) is 16.5 Å². The molecule has 1 atom stereocenters. The monoisotopic (exact) mass is 379 g/mol. The lowest BCUT2D eigenvalue weighted by Crippen LogP contribution is -2.31. The van der Waals surface area contributed by atoms with Gasteiger partial charge in [-0.2, -0.15) is 0 Å². The second-order valence-corrected chi connectivity index (χ2v) is 7.66. The zero-order valence-corrected chi connectivity index (χ0v) is 15.1. The number of hydrogen-bond acceptors (Lipinski definition) is 6. The molecule has 1 unspecified atom stereocenters. The maximum absolute atomic E-state index is 12.7. The molecular formula is C16H14ClN3O2S2. The van der Waals surface area contributed by atoms with Crippen LogP contribution in [0.4, 0.5) is 0 Å². The first-order valence-corrected chi connectivity index (χ1v) is 9.28. The normalized spacial score (nSPS) is 17.7. The Balaban J connectivity index is 1.78. The molecule has 124 valence electrons. The molecule has 1 aromatic carbocycles. The van der Waals surface area contributed by atoms with Gasteiger partial charge in [-0.1, -0.05) is 53.7 Å². The molecular weight excluding hydrogens is 366 g/mol. The lowest BCUT2D eigenvalue weighted by Gasteiger charge is -2.17. The molecule has 0 radical (unpaired) electrons. The van der Waals surface area contributed by atoms with Crippen molar-refractivity contribution in [2.45, 2.75) is 6.04 Å². The molecule has 0 saturated carbocycles. The van der Waals surface area contributed by atoms with Crippen LogP contribution in [-0.2, 0) is 4.79 Å². The van der Waals surface area contributed by atoms with Gasteiger partial charge in [0.1, 0.15) is 0 Å². The molecule has 0 spiro atoms. The number of amidine groups is 1. The van der Waals surface area contributed by atoms with Crippen LogP contribution in [0.15, 0.2) is 47.8 Å². The summed E-state index contributed by atoms with van der Waals surface area (Å²) in [5.74, 6) is 0.424. The third kappa shape index (κ3) is 3.48. The van der Waals surface area contributed by atoms with E-state index in [1.54, 1.807) is 25.4 Å². The number of aromatic nitrogens is 1. The number of nitrogens with zero attached hydrogens (tertiary/aromatic N) is 3. The van der Waals surface area contributed by atoms with Crippen LogP contribution >= 0.6 is 34.7 Å². The maximum Gasteiger partial charge on any atom is 0.263 e. The predicted octanol–water partition coefficient (Wildman–Crippen LogP) is 4.00. The lowest BCUT2D eigenvalue weighted by atomic mass is 10.1. The molecule has 2 aromatic rings. The fourth-order valence-electron chi connectivity index (χ4n) is 2.25.